The monoisotopic (exact) mass is 762 g/mol. The van der Waals surface area contributed by atoms with Crippen molar-refractivity contribution in [1.82, 2.24) is 9.78 Å². The van der Waals surface area contributed by atoms with Crippen LogP contribution in [0.4, 0.5) is 5.69 Å². The van der Waals surface area contributed by atoms with Crippen molar-refractivity contribution in [2.45, 2.75) is 33.4 Å². The minimum Gasteiger partial charge on any atom is -0.461 e. The van der Waals surface area contributed by atoms with Crippen molar-refractivity contribution in [1.29, 1.82) is 0 Å². The number of amides is 1. The molecule has 0 atom stereocenters. The molecule has 262 valence electrons. The van der Waals surface area contributed by atoms with Gasteiger partial charge in [0, 0.05) is 5.69 Å². The molecule has 1 aromatic heterocycles. The van der Waals surface area contributed by atoms with Crippen LogP contribution in [0.15, 0.2) is 83.6 Å². The molecule has 49 heavy (non-hydrogen) atoms. The summed E-state index contributed by atoms with van der Waals surface area (Å²) in [7, 11) is -20.1. The fourth-order valence-corrected chi connectivity index (χ4v) is 6.64. The first kappa shape index (κ1) is 37.0. The quantitative estimate of drug-likeness (QED) is 0.106. The Kier molecular flexibility index (Phi) is 9.74. The Morgan fingerprint density at radius 1 is 0.837 bits per heavy atom. The third-order valence-electron chi connectivity index (χ3n) is 6.47. The van der Waals surface area contributed by atoms with Gasteiger partial charge in [0.2, 0.25) is 0 Å². The number of nitrogens with one attached hydrogen (secondary N) is 1. The number of H-pyrrole nitrogens is 1. The van der Waals surface area contributed by atoms with Crippen LogP contribution < -0.4 is 10.6 Å². The highest BCUT2D eigenvalue weighted by Gasteiger charge is 2.38. The molecule has 0 fully saturated rings. The fraction of sp³-hybridized carbons (Fsp3) is 0.120. The van der Waals surface area contributed by atoms with Gasteiger partial charge in [-0.1, -0.05) is 6.08 Å². The summed E-state index contributed by atoms with van der Waals surface area (Å²) >= 11 is 0. The molecule has 3 aromatic rings. The highest BCUT2D eigenvalue weighted by atomic mass is 32.2. The molecule has 0 bridgehead atoms. The van der Waals surface area contributed by atoms with Crippen LogP contribution in [0.5, 0.6) is 0 Å². The number of aromatic nitrogens is 2. The van der Waals surface area contributed by atoms with Gasteiger partial charge in [0.15, 0.2) is 5.71 Å². The zero-order chi connectivity index (χ0) is 36.9. The lowest BCUT2D eigenvalue weighted by Gasteiger charge is -2.15. The van der Waals surface area contributed by atoms with Crippen LogP contribution in [-0.4, -0.2) is 85.9 Å². The number of aromatic amines is 1. The lowest BCUT2D eigenvalue weighted by Crippen LogP contribution is -2.24. The molecule has 0 saturated carbocycles. The molecule has 1 aliphatic rings. The Morgan fingerprint density at radius 2 is 1.35 bits per heavy atom. The van der Waals surface area contributed by atoms with Gasteiger partial charge in [0.1, 0.15) is 9.79 Å². The summed E-state index contributed by atoms with van der Waals surface area (Å²) in [6, 6.07) is 3.55. The molecule has 20 nitrogen and oxygen atoms in total. The smallest absolute Gasteiger partial charge is 0.359 e. The molecule has 0 saturated heterocycles. The zero-order valence-electron chi connectivity index (χ0n) is 24.6. The lowest BCUT2D eigenvalue weighted by atomic mass is 10.1. The molecule has 0 aliphatic carbocycles. The van der Waals surface area contributed by atoms with Crippen molar-refractivity contribution in [3.63, 3.8) is 0 Å². The van der Waals surface area contributed by atoms with Gasteiger partial charge >= 0.3 is 5.97 Å². The maximum atomic E-state index is 13.5. The van der Waals surface area contributed by atoms with Gasteiger partial charge in [0.05, 0.1) is 38.9 Å². The van der Waals surface area contributed by atoms with Crippen LogP contribution >= 0.6 is 0 Å². The predicted molar refractivity (Wildman–Crippen MR) is 165 cm³/mol. The van der Waals surface area contributed by atoms with Crippen LogP contribution in [0, 0.1) is 6.92 Å². The summed E-state index contributed by atoms with van der Waals surface area (Å²) in [4.78, 5) is 35.8. The molecule has 2 heterocycles. The van der Waals surface area contributed by atoms with Crippen LogP contribution in [0.25, 0.3) is 11.8 Å². The SMILES string of the molecule is CCOC(=O)C1=NN(c2cc(S(=O)(=O)O)ccc2S(=O)(=O)O)C(=O)/C1=C/C=C/c1c(C)[nH]n(-c2cc(S(=O)(=O)O)ccc2S(=O)(=O)O)c1=O. The third-order valence-corrected chi connectivity index (χ3v) is 9.97. The van der Waals surface area contributed by atoms with Gasteiger partial charge in [-0.15, -0.1) is 0 Å². The number of benzene rings is 2. The van der Waals surface area contributed by atoms with E-state index in [4.69, 9.17) is 4.74 Å². The van der Waals surface area contributed by atoms with Crippen molar-refractivity contribution in [2.75, 3.05) is 11.6 Å². The average molecular weight is 763 g/mol. The Hall–Kier alpha value is -4.82. The maximum absolute atomic E-state index is 13.5. The number of nitrogens with zero attached hydrogens (tertiary/aromatic N) is 3. The second-order valence-corrected chi connectivity index (χ2v) is 15.3. The van der Waals surface area contributed by atoms with Gasteiger partial charge in [-0.05, 0) is 62.4 Å². The Balaban J connectivity index is 1.85. The third kappa shape index (κ3) is 7.60. The number of hydrogen-bond donors (Lipinski definition) is 5. The number of rotatable bonds is 10. The van der Waals surface area contributed by atoms with E-state index in [1.807, 2.05) is 0 Å². The summed E-state index contributed by atoms with van der Waals surface area (Å²) < 4.78 is 138. The topological polar surface area (TPSA) is 314 Å². The molecule has 1 amide bonds. The fourth-order valence-electron chi connectivity index (χ4n) is 4.34. The molecule has 24 heteroatoms. The normalized spacial score (nSPS) is 15.3. The molecule has 1 aliphatic heterocycles. The van der Waals surface area contributed by atoms with E-state index in [2.05, 4.69) is 10.2 Å². The Bertz CT molecular complexity index is 2530. The average Bonchev–Trinajstić information content (AvgIpc) is 3.45. The van der Waals surface area contributed by atoms with Crippen LogP contribution in [-0.2, 0) is 54.8 Å². The first-order valence-corrected chi connectivity index (χ1v) is 18.7. The van der Waals surface area contributed by atoms with E-state index in [1.54, 1.807) is 0 Å². The van der Waals surface area contributed by atoms with Crippen molar-refractivity contribution >= 4 is 69.8 Å². The van der Waals surface area contributed by atoms with Gasteiger partial charge < -0.3 is 4.74 Å². The maximum Gasteiger partial charge on any atom is 0.359 e. The highest BCUT2D eigenvalue weighted by molar-refractivity contribution is 7.87. The van der Waals surface area contributed by atoms with E-state index in [1.165, 1.54) is 13.8 Å². The van der Waals surface area contributed by atoms with Crippen molar-refractivity contribution < 1.29 is 66.2 Å². The van der Waals surface area contributed by atoms with E-state index in [0.29, 0.717) is 41.1 Å². The van der Waals surface area contributed by atoms with E-state index in [9.17, 15) is 66.3 Å². The minimum absolute atomic E-state index is 0.0108. The van der Waals surface area contributed by atoms with Gasteiger partial charge in [0.25, 0.3) is 51.9 Å². The minimum atomic E-state index is -5.16. The summed E-state index contributed by atoms with van der Waals surface area (Å²) in [6.07, 6.45) is 2.97. The van der Waals surface area contributed by atoms with Crippen LogP contribution in [0.2, 0.25) is 0 Å². The summed E-state index contributed by atoms with van der Waals surface area (Å²) in [5.74, 6) is -2.48. The number of hydrazone groups is 1. The van der Waals surface area contributed by atoms with Crippen LogP contribution in [0.3, 0.4) is 0 Å². The number of carbonyl (C=O) groups is 2. The number of anilines is 1. The number of ether oxygens (including phenoxy) is 1. The van der Waals surface area contributed by atoms with E-state index in [0.717, 1.165) is 18.2 Å². The summed E-state index contributed by atoms with van der Waals surface area (Å²) in [6.45, 7) is 2.49. The summed E-state index contributed by atoms with van der Waals surface area (Å²) in [5.41, 5.74) is -4.21. The molecule has 0 spiro atoms. The van der Waals surface area contributed by atoms with Gasteiger partial charge in [-0.3, -0.25) is 32.9 Å². The molecule has 0 unspecified atom stereocenters. The molecular formula is C25H22N4O16S4. The molecule has 0 radical (unpaired) electrons. The number of hydrogen-bond acceptors (Lipinski definition) is 13. The number of carbonyl (C=O) groups excluding carboxylic acids is 2. The van der Waals surface area contributed by atoms with E-state index >= 15 is 0 Å². The van der Waals surface area contributed by atoms with Gasteiger partial charge in [-0.25, -0.2) is 9.48 Å². The van der Waals surface area contributed by atoms with E-state index < -0.39 is 100 Å². The molecular weight excluding hydrogens is 741 g/mol. The van der Waals surface area contributed by atoms with Crippen molar-refractivity contribution in [3.05, 3.63) is 75.7 Å². The van der Waals surface area contributed by atoms with E-state index in [-0.39, 0.29) is 22.9 Å². The predicted octanol–water partition coefficient (Wildman–Crippen LogP) is 0.366. The number of aryl methyl sites for hydroxylation is 1. The second kappa shape index (κ2) is 12.9. The van der Waals surface area contributed by atoms with Gasteiger partial charge in [-0.2, -0.15) is 43.8 Å². The summed E-state index contributed by atoms with van der Waals surface area (Å²) in [5, 5.41) is 6.47. The second-order valence-electron chi connectivity index (χ2n) is 9.68. The molecule has 5 N–H and O–H groups in total. The number of allylic oxidation sites excluding steroid dienone is 2. The first-order valence-electron chi connectivity index (χ1n) is 13.0. The molecule has 2 aromatic carbocycles. The lowest BCUT2D eigenvalue weighted by molar-refractivity contribution is -0.135. The van der Waals surface area contributed by atoms with Crippen LogP contribution in [0.1, 0.15) is 18.2 Å². The first-order chi connectivity index (χ1) is 22.5. The Labute approximate surface area is 276 Å². The van der Waals surface area contributed by atoms with Crippen molar-refractivity contribution in [2.24, 2.45) is 5.10 Å². The zero-order valence-corrected chi connectivity index (χ0v) is 27.8. The highest BCUT2D eigenvalue weighted by Crippen LogP contribution is 2.33. The largest absolute Gasteiger partial charge is 0.461 e. The standard InChI is InChI=1S/C25H22N4O16S4/c1-3-45-25(32)22-17(24(31)29(27-22)19-12-15(47(36,37)38)8-10-21(19)49(42,43)44)6-4-5-16-13(2)26-28(23(16)30)18-11-14(46(33,34)35)7-9-20(18)48(39,40)41/h4-12,26H,3H2,1-2H3,(H,33,34,35)(H,36,37,38)(H,39,40,41)(H,42,43,44)/b5-4+,17-6+. The van der Waals surface area contributed by atoms with Crippen molar-refractivity contribution in [3.8, 4) is 5.69 Å². The Morgan fingerprint density at radius 3 is 1.84 bits per heavy atom. The molecule has 4 rings (SSSR count). The number of esters is 1.